The van der Waals surface area contributed by atoms with Crippen molar-refractivity contribution in [1.82, 2.24) is 5.32 Å². The zero-order valence-corrected chi connectivity index (χ0v) is 13.2. The van der Waals surface area contributed by atoms with Gasteiger partial charge in [0.05, 0.1) is 31.0 Å². The van der Waals surface area contributed by atoms with E-state index in [4.69, 9.17) is 9.47 Å². The summed E-state index contributed by atoms with van der Waals surface area (Å²) in [4.78, 5) is 0. The molecule has 2 saturated carbocycles. The van der Waals surface area contributed by atoms with Crippen LogP contribution in [0.3, 0.4) is 0 Å². The highest BCUT2D eigenvalue weighted by molar-refractivity contribution is 5.02. The van der Waals surface area contributed by atoms with Crippen LogP contribution in [0.4, 0.5) is 0 Å². The summed E-state index contributed by atoms with van der Waals surface area (Å²) in [5, 5.41) is 13.5. The van der Waals surface area contributed by atoms with Crippen LogP contribution < -0.4 is 5.32 Å². The zero-order valence-electron chi connectivity index (χ0n) is 13.2. The van der Waals surface area contributed by atoms with Crippen molar-refractivity contribution in [3.8, 4) is 0 Å². The molecular weight excluding hydrogens is 254 g/mol. The average Bonchev–Trinajstić information content (AvgIpc) is 3.28. The topological polar surface area (TPSA) is 50.7 Å². The van der Waals surface area contributed by atoms with Gasteiger partial charge >= 0.3 is 0 Å². The molecule has 0 aromatic carbocycles. The Morgan fingerprint density at radius 3 is 2.45 bits per heavy atom. The minimum atomic E-state index is -0.242. The lowest BCUT2D eigenvalue weighted by Crippen LogP contribution is -2.57. The van der Waals surface area contributed by atoms with E-state index in [1.54, 1.807) is 7.11 Å². The van der Waals surface area contributed by atoms with E-state index >= 15 is 0 Å². The van der Waals surface area contributed by atoms with Gasteiger partial charge in [0, 0.05) is 13.2 Å². The maximum absolute atomic E-state index is 9.90. The van der Waals surface area contributed by atoms with Crippen molar-refractivity contribution in [2.24, 2.45) is 5.92 Å². The Morgan fingerprint density at radius 2 is 1.90 bits per heavy atom. The number of hydrogen-bond acceptors (Lipinski definition) is 4. The van der Waals surface area contributed by atoms with Gasteiger partial charge in [-0.2, -0.15) is 0 Å². The van der Waals surface area contributed by atoms with E-state index < -0.39 is 0 Å². The molecule has 4 nitrogen and oxygen atoms in total. The second kappa shape index (κ2) is 7.21. The van der Waals surface area contributed by atoms with Crippen LogP contribution in [0.1, 0.15) is 52.4 Å². The van der Waals surface area contributed by atoms with Gasteiger partial charge in [0.2, 0.25) is 0 Å². The van der Waals surface area contributed by atoms with Gasteiger partial charge in [-0.15, -0.1) is 0 Å². The van der Waals surface area contributed by atoms with Gasteiger partial charge in [0.15, 0.2) is 0 Å². The van der Waals surface area contributed by atoms with Crippen molar-refractivity contribution in [2.45, 2.75) is 76.2 Å². The Bertz CT molecular complexity index is 293. The Balaban J connectivity index is 1.87. The third-order valence-electron chi connectivity index (χ3n) is 4.71. The molecule has 2 N–H and O–H groups in total. The fourth-order valence-corrected chi connectivity index (χ4v) is 3.44. The molecule has 2 fully saturated rings. The van der Waals surface area contributed by atoms with Crippen LogP contribution in [0.15, 0.2) is 0 Å². The molecule has 2 aliphatic carbocycles. The minimum Gasteiger partial charge on any atom is -0.394 e. The van der Waals surface area contributed by atoms with E-state index in [2.05, 4.69) is 19.2 Å². The Labute approximate surface area is 123 Å². The number of aliphatic hydroxyl groups excluding tert-OH is 1. The van der Waals surface area contributed by atoms with Crippen LogP contribution in [0.5, 0.6) is 0 Å². The standard InChI is InChI=1S/C16H31NO3/c1-12(2)17-16(10-18,13-7-8-13)11-20-15-6-4-5-14(9-15)19-3/h12-15,17-18H,4-11H2,1-3H3. The van der Waals surface area contributed by atoms with E-state index in [1.807, 2.05) is 0 Å². The predicted molar refractivity (Wildman–Crippen MR) is 79.8 cm³/mol. The number of rotatable bonds is 8. The molecule has 2 aliphatic rings. The van der Waals surface area contributed by atoms with E-state index in [-0.39, 0.29) is 18.2 Å². The van der Waals surface area contributed by atoms with Crippen molar-refractivity contribution in [3.05, 3.63) is 0 Å². The number of aliphatic hydroxyl groups is 1. The van der Waals surface area contributed by atoms with Crippen molar-refractivity contribution in [3.63, 3.8) is 0 Å². The first-order valence-electron chi connectivity index (χ1n) is 8.12. The maximum Gasteiger partial charge on any atom is 0.0681 e. The molecule has 0 radical (unpaired) electrons. The van der Waals surface area contributed by atoms with Crippen molar-refractivity contribution < 1.29 is 14.6 Å². The summed E-state index contributed by atoms with van der Waals surface area (Å²) in [6.45, 7) is 5.05. The molecule has 0 bridgehead atoms. The molecule has 0 spiro atoms. The highest BCUT2D eigenvalue weighted by atomic mass is 16.5. The summed E-state index contributed by atoms with van der Waals surface area (Å²) >= 11 is 0. The molecular formula is C16H31NO3. The number of methoxy groups -OCH3 is 1. The minimum absolute atomic E-state index is 0.163. The van der Waals surface area contributed by atoms with Crippen LogP contribution in [0.2, 0.25) is 0 Å². The van der Waals surface area contributed by atoms with Gasteiger partial charge in [0.1, 0.15) is 0 Å². The fourth-order valence-electron chi connectivity index (χ4n) is 3.44. The van der Waals surface area contributed by atoms with Gasteiger partial charge in [-0.05, 0) is 44.4 Å². The number of ether oxygens (including phenoxy) is 2. The summed E-state index contributed by atoms with van der Waals surface area (Å²) in [6.07, 6.45) is 7.47. The van der Waals surface area contributed by atoms with Gasteiger partial charge in [0.25, 0.3) is 0 Å². The molecule has 2 rings (SSSR count). The van der Waals surface area contributed by atoms with Crippen LogP contribution in [-0.4, -0.2) is 49.2 Å². The third-order valence-corrected chi connectivity index (χ3v) is 4.71. The zero-order chi connectivity index (χ0) is 14.6. The van der Waals surface area contributed by atoms with E-state index in [9.17, 15) is 5.11 Å². The second-order valence-corrected chi connectivity index (χ2v) is 6.84. The summed E-state index contributed by atoms with van der Waals surface area (Å²) in [5.41, 5.74) is -0.242. The molecule has 0 aromatic heterocycles. The lowest BCUT2D eigenvalue weighted by atomic mass is 9.92. The van der Waals surface area contributed by atoms with Crippen LogP contribution >= 0.6 is 0 Å². The van der Waals surface area contributed by atoms with E-state index in [0.29, 0.717) is 24.7 Å². The molecule has 3 atom stereocenters. The first kappa shape index (κ1) is 16.2. The van der Waals surface area contributed by atoms with Crippen LogP contribution in [0.25, 0.3) is 0 Å². The molecule has 0 aromatic rings. The largest absolute Gasteiger partial charge is 0.394 e. The van der Waals surface area contributed by atoms with E-state index in [0.717, 1.165) is 19.3 Å². The Morgan fingerprint density at radius 1 is 1.20 bits per heavy atom. The van der Waals surface area contributed by atoms with Crippen LogP contribution in [0, 0.1) is 5.92 Å². The number of nitrogens with one attached hydrogen (secondary N) is 1. The van der Waals surface area contributed by atoms with Crippen molar-refractivity contribution in [1.29, 1.82) is 0 Å². The quantitative estimate of drug-likeness (QED) is 0.717. The average molecular weight is 285 g/mol. The molecule has 3 unspecified atom stereocenters. The summed E-state index contributed by atoms with van der Waals surface area (Å²) in [6, 6.07) is 0.365. The first-order valence-corrected chi connectivity index (χ1v) is 8.12. The normalized spacial score (nSPS) is 30.4. The highest BCUT2D eigenvalue weighted by Crippen LogP contribution is 2.40. The summed E-state index contributed by atoms with van der Waals surface area (Å²) in [5.74, 6) is 0.566. The first-order chi connectivity index (χ1) is 9.59. The molecule has 20 heavy (non-hydrogen) atoms. The molecule has 4 heteroatoms. The third kappa shape index (κ3) is 4.17. The van der Waals surface area contributed by atoms with E-state index in [1.165, 1.54) is 19.3 Å². The van der Waals surface area contributed by atoms with Crippen molar-refractivity contribution in [2.75, 3.05) is 20.3 Å². The molecule has 0 saturated heterocycles. The smallest absolute Gasteiger partial charge is 0.0681 e. The second-order valence-electron chi connectivity index (χ2n) is 6.84. The maximum atomic E-state index is 9.90. The number of hydrogen-bond donors (Lipinski definition) is 2. The highest BCUT2D eigenvalue weighted by Gasteiger charge is 2.45. The van der Waals surface area contributed by atoms with Gasteiger partial charge in [-0.25, -0.2) is 0 Å². The Hall–Kier alpha value is -0.160. The van der Waals surface area contributed by atoms with Gasteiger partial charge in [-0.3, -0.25) is 0 Å². The molecule has 0 aliphatic heterocycles. The predicted octanol–water partition coefficient (Wildman–Crippen LogP) is 2.10. The fraction of sp³-hybridized carbons (Fsp3) is 1.00. The molecule has 0 amide bonds. The Kier molecular flexibility index (Phi) is 5.84. The van der Waals surface area contributed by atoms with Crippen molar-refractivity contribution >= 4 is 0 Å². The molecule has 118 valence electrons. The monoisotopic (exact) mass is 285 g/mol. The SMILES string of the molecule is COC1CCCC(OCC(CO)(NC(C)C)C2CC2)C1. The van der Waals surface area contributed by atoms with Crippen LogP contribution in [-0.2, 0) is 9.47 Å². The summed E-state index contributed by atoms with van der Waals surface area (Å²) < 4.78 is 11.6. The van der Waals surface area contributed by atoms with Gasteiger partial charge < -0.3 is 19.9 Å². The van der Waals surface area contributed by atoms with Gasteiger partial charge in [-0.1, -0.05) is 13.8 Å². The summed E-state index contributed by atoms with van der Waals surface area (Å²) in [7, 11) is 1.79. The lowest BCUT2D eigenvalue weighted by molar-refractivity contribution is -0.0625. The lowest BCUT2D eigenvalue weighted by Gasteiger charge is -2.37. The molecule has 0 heterocycles.